The molecule has 0 radical (unpaired) electrons. The summed E-state index contributed by atoms with van der Waals surface area (Å²) in [5, 5.41) is 0.235. The van der Waals surface area contributed by atoms with Gasteiger partial charge in [-0.15, -0.1) is 0 Å². The first-order chi connectivity index (χ1) is 9.30. The molecule has 4 bridgehead atoms. The van der Waals surface area contributed by atoms with Gasteiger partial charge in [0.05, 0.1) is 0 Å². The van der Waals surface area contributed by atoms with Crippen LogP contribution in [-0.4, -0.2) is 15.0 Å². The zero-order valence-corrected chi connectivity index (χ0v) is 12.9. The maximum absolute atomic E-state index is 6.02. The lowest BCUT2D eigenvalue weighted by atomic mass is 9.40. The van der Waals surface area contributed by atoms with Gasteiger partial charge in [0.1, 0.15) is 5.82 Å². The van der Waals surface area contributed by atoms with Gasteiger partial charge in [-0.3, -0.25) is 0 Å². The normalized spacial score (nSPS) is 45.9. The van der Waals surface area contributed by atoms with Crippen LogP contribution < -0.4 is 5.73 Å². The fourth-order valence-electron chi connectivity index (χ4n) is 6.30. The molecule has 0 aromatic carbocycles. The van der Waals surface area contributed by atoms with E-state index in [0.29, 0.717) is 10.8 Å². The highest BCUT2D eigenvalue weighted by molar-refractivity contribution is 6.28. The van der Waals surface area contributed by atoms with E-state index in [1.54, 1.807) is 0 Å². The van der Waals surface area contributed by atoms with Crippen molar-refractivity contribution in [1.82, 2.24) is 15.0 Å². The number of aromatic nitrogens is 3. The van der Waals surface area contributed by atoms with Crippen molar-refractivity contribution in [3.05, 3.63) is 11.1 Å². The third kappa shape index (κ3) is 1.77. The van der Waals surface area contributed by atoms with Gasteiger partial charge in [0.25, 0.3) is 0 Å². The number of halogens is 1. The van der Waals surface area contributed by atoms with E-state index < -0.39 is 0 Å². The van der Waals surface area contributed by atoms with Gasteiger partial charge in [-0.25, -0.2) is 4.98 Å². The standard InChI is InChI=1S/C15H21ClN4/c1-13-3-9-4-14(2,6-13)8-15(5-9,7-13)10-18-11(16)20-12(17)19-10/h9H,3-8H2,1-2H3,(H2,17,18,19,20). The van der Waals surface area contributed by atoms with Gasteiger partial charge in [0, 0.05) is 5.41 Å². The van der Waals surface area contributed by atoms with Crippen molar-refractivity contribution >= 4 is 17.5 Å². The summed E-state index contributed by atoms with van der Waals surface area (Å²) in [5.41, 5.74) is 6.74. The Morgan fingerprint density at radius 2 is 1.65 bits per heavy atom. The molecule has 0 saturated heterocycles. The first-order valence-electron chi connectivity index (χ1n) is 7.48. The minimum absolute atomic E-state index is 0.0730. The molecule has 2 unspecified atom stereocenters. The molecule has 2 N–H and O–H groups in total. The van der Waals surface area contributed by atoms with Gasteiger partial charge in [0.2, 0.25) is 11.2 Å². The van der Waals surface area contributed by atoms with Crippen LogP contribution in [0.25, 0.3) is 0 Å². The maximum Gasteiger partial charge on any atom is 0.227 e. The fraction of sp³-hybridized carbons (Fsp3) is 0.800. The molecule has 1 heterocycles. The summed E-state index contributed by atoms with van der Waals surface area (Å²) in [7, 11) is 0. The van der Waals surface area contributed by atoms with E-state index in [0.717, 1.165) is 11.7 Å². The molecule has 0 amide bonds. The molecule has 1 aromatic rings. The Morgan fingerprint density at radius 1 is 1.00 bits per heavy atom. The molecule has 4 saturated carbocycles. The first kappa shape index (κ1) is 12.8. The van der Waals surface area contributed by atoms with Gasteiger partial charge in [0.15, 0.2) is 0 Å². The SMILES string of the molecule is CC12CC3CC(C)(C1)CC(c1nc(N)nc(Cl)n1)(C3)C2. The molecular formula is C15H21ClN4. The predicted octanol–water partition coefficient (Wildman–Crippen LogP) is 3.36. The average molecular weight is 293 g/mol. The van der Waals surface area contributed by atoms with E-state index in [1.165, 1.54) is 38.5 Å². The van der Waals surface area contributed by atoms with Crippen LogP contribution in [0.1, 0.15) is 58.2 Å². The van der Waals surface area contributed by atoms with Gasteiger partial charge in [-0.05, 0) is 66.9 Å². The van der Waals surface area contributed by atoms with Crippen molar-refractivity contribution in [2.45, 2.75) is 57.8 Å². The predicted molar refractivity (Wildman–Crippen MR) is 78.3 cm³/mol. The Balaban J connectivity index is 1.84. The molecule has 108 valence electrons. The summed E-state index contributed by atoms with van der Waals surface area (Å²) >= 11 is 6.02. The minimum atomic E-state index is 0.0730. The second-order valence-electron chi connectivity index (χ2n) is 8.20. The highest BCUT2D eigenvalue weighted by Crippen LogP contribution is 2.69. The van der Waals surface area contributed by atoms with Crippen molar-refractivity contribution in [1.29, 1.82) is 0 Å². The smallest absolute Gasteiger partial charge is 0.227 e. The minimum Gasteiger partial charge on any atom is -0.368 e. The quantitative estimate of drug-likeness (QED) is 0.862. The Morgan fingerprint density at radius 3 is 2.20 bits per heavy atom. The average Bonchev–Trinajstić information content (AvgIpc) is 2.22. The molecule has 4 fully saturated rings. The van der Waals surface area contributed by atoms with Crippen molar-refractivity contribution in [2.24, 2.45) is 16.7 Å². The van der Waals surface area contributed by atoms with Crippen LogP contribution in [-0.2, 0) is 5.41 Å². The van der Waals surface area contributed by atoms with Gasteiger partial charge in [-0.1, -0.05) is 13.8 Å². The zero-order valence-electron chi connectivity index (χ0n) is 12.1. The molecule has 5 rings (SSSR count). The Bertz CT molecular complexity index is 549. The number of nitrogen functional groups attached to an aromatic ring is 1. The summed E-state index contributed by atoms with van der Waals surface area (Å²) in [4.78, 5) is 12.8. The topological polar surface area (TPSA) is 64.7 Å². The second-order valence-corrected chi connectivity index (χ2v) is 8.53. The fourth-order valence-corrected chi connectivity index (χ4v) is 6.47. The lowest BCUT2D eigenvalue weighted by Gasteiger charge is -2.64. The van der Waals surface area contributed by atoms with Crippen LogP contribution in [0.2, 0.25) is 5.28 Å². The molecule has 0 spiro atoms. The van der Waals surface area contributed by atoms with E-state index in [4.69, 9.17) is 17.3 Å². The van der Waals surface area contributed by atoms with E-state index in [1.807, 2.05) is 0 Å². The second kappa shape index (κ2) is 3.65. The summed E-state index contributed by atoms with van der Waals surface area (Å²) < 4.78 is 0. The lowest BCUT2D eigenvalue weighted by molar-refractivity contribution is -0.112. The Hall–Kier alpha value is -0.900. The molecule has 2 atom stereocenters. The number of rotatable bonds is 1. The third-order valence-corrected chi connectivity index (χ3v) is 5.90. The highest BCUT2D eigenvalue weighted by atomic mass is 35.5. The van der Waals surface area contributed by atoms with E-state index >= 15 is 0 Å². The van der Waals surface area contributed by atoms with Crippen molar-refractivity contribution in [3.8, 4) is 0 Å². The van der Waals surface area contributed by atoms with E-state index in [2.05, 4.69) is 28.8 Å². The molecule has 4 aliphatic carbocycles. The summed E-state index contributed by atoms with van der Waals surface area (Å²) in [6.07, 6.45) is 7.60. The van der Waals surface area contributed by atoms with Crippen molar-refractivity contribution < 1.29 is 0 Å². The van der Waals surface area contributed by atoms with E-state index in [-0.39, 0.29) is 16.6 Å². The molecule has 1 aromatic heterocycles. The number of anilines is 1. The van der Waals surface area contributed by atoms with Crippen molar-refractivity contribution in [3.63, 3.8) is 0 Å². The van der Waals surface area contributed by atoms with Crippen LogP contribution in [0, 0.1) is 16.7 Å². The number of hydrogen-bond acceptors (Lipinski definition) is 4. The number of nitrogens with two attached hydrogens (primary N) is 1. The summed E-state index contributed by atoms with van der Waals surface area (Å²) in [6, 6.07) is 0. The maximum atomic E-state index is 6.02. The van der Waals surface area contributed by atoms with Crippen LogP contribution in [0.5, 0.6) is 0 Å². The van der Waals surface area contributed by atoms with Crippen LogP contribution in [0.3, 0.4) is 0 Å². The van der Waals surface area contributed by atoms with Crippen LogP contribution >= 0.6 is 11.6 Å². The molecule has 0 aliphatic heterocycles. The van der Waals surface area contributed by atoms with Crippen molar-refractivity contribution in [2.75, 3.05) is 5.73 Å². The molecule has 5 heteroatoms. The monoisotopic (exact) mass is 292 g/mol. The largest absolute Gasteiger partial charge is 0.368 e. The molecule has 4 nitrogen and oxygen atoms in total. The van der Waals surface area contributed by atoms with Gasteiger partial charge < -0.3 is 5.73 Å². The molecular weight excluding hydrogens is 272 g/mol. The third-order valence-electron chi connectivity index (χ3n) is 5.73. The van der Waals surface area contributed by atoms with E-state index in [9.17, 15) is 0 Å². The van der Waals surface area contributed by atoms with Gasteiger partial charge >= 0.3 is 0 Å². The number of hydrogen-bond donors (Lipinski definition) is 1. The molecule has 4 aliphatic rings. The molecule has 20 heavy (non-hydrogen) atoms. The number of nitrogens with zero attached hydrogens (tertiary/aromatic N) is 3. The Labute approximate surface area is 124 Å². The summed E-state index contributed by atoms with van der Waals surface area (Å²) in [6.45, 7) is 4.88. The van der Waals surface area contributed by atoms with Crippen LogP contribution in [0.15, 0.2) is 0 Å². The first-order valence-corrected chi connectivity index (χ1v) is 7.85. The highest BCUT2D eigenvalue weighted by Gasteiger charge is 2.61. The zero-order chi connectivity index (χ0) is 14.2. The summed E-state index contributed by atoms with van der Waals surface area (Å²) in [5.74, 6) is 1.90. The Kier molecular flexibility index (Phi) is 2.34. The van der Waals surface area contributed by atoms with Crippen LogP contribution in [0.4, 0.5) is 5.95 Å². The van der Waals surface area contributed by atoms with Gasteiger partial charge in [-0.2, -0.15) is 9.97 Å². The lowest BCUT2D eigenvalue weighted by Crippen LogP contribution is -2.57.